The van der Waals surface area contributed by atoms with Crippen LogP contribution in [-0.2, 0) is 0 Å². The Hall–Kier alpha value is -4.22. The number of para-hydroxylation sites is 1. The Kier molecular flexibility index (Phi) is 7.16. The van der Waals surface area contributed by atoms with E-state index in [2.05, 4.69) is 26.5 Å². The van der Waals surface area contributed by atoms with Crippen LogP contribution in [0.3, 0.4) is 0 Å². The van der Waals surface area contributed by atoms with Crippen molar-refractivity contribution in [3.05, 3.63) is 88.4 Å². The van der Waals surface area contributed by atoms with Crippen LogP contribution in [0.5, 0.6) is 11.5 Å². The van der Waals surface area contributed by atoms with Crippen LogP contribution in [0.15, 0.2) is 82.4 Å². The molecular weight excluding hydrogens is 496 g/mol. The second kappa shape index (κ2) is 10.6. The van der Waals surface area contributed by atoms with Crippen molar-refractivity contribution in [2.45, 2.75) is 0 Å². The lowest BCUT2D eigenvalue weighted by Gasteiger charge is -2.11. The number of carbonyl (C=O) groups is 1. The molecule has 4 aromatic rings. The number of hydrogen-bond donors (Lipinski definition) is 1. The van der Waals surface area contributed by atoms with Crippen molar-refractivity contribution < 1.29 is 14.3 Å². The van der Waals surface area contributed by atoms with E-state index in [0.29, 0.717) is 32.8 Å². The summed E-state index contributed by atoms with van der Waals surface area (Å²) in [7, 11) is 1.50. The molecule has 0 aliphatic rings. The fourth-order valence-electron chi connectivity index (χ4n) is 3.40. The number of pyridine rings is 1. The molecule has 7 nitrogen and oxygen atoms in total. The molecule has 1 amide bonds. The van der Waals surface area contributed by atoms with Gasteiger partial charge in [0.05, 0.1) is 34.6 Å². The van der Waals surface area contributed by atoms with E-state index in [9.17, 15) is 4.79 Å². The van der Waals surface area contributed by atoms with Crippen LogP contribution in [0.4, 0.5) is 0 Å². The van der Waals surface area contributed by atoms with E-state index in [4.69, 9.17) is 19.7 Å². The molecule has 0 fully saturated rings. The second-order valence-corrected chi connectivity index (χ2v) is 7.97. The molecule has 0 radical (unpaired) electrons. The topological polar surface area (TPSA) is 96.6 Å². The predicted octanol–water partition coefficient (Wildman–Crippen LogP) is 5.34. The Balaban J connectivity index is 1.61. The van der Waals surface area contributed by atoms with Crippen molar-refractivity contribution >= 4 is 39.0 Å². The zero-order valence-corrected chi connectivity index (χ0v) is 19.7. The number of hydrazone groups is 1. The van der Waals surface area contributed by atoms with Gasteiger partial charge in [-0.3, -0.25) is 4.79 Å². The Bertz CT molecular complexity index is 1420. The van der Waals surface area contributed by atoms with Gasteiger partial charge in [-0.1, -0.05) is 48.5 Å². The number of nitrogens with one attached hydrogen (secondary N) is 1. The Morgan fingerprint density at radius 1 is 1.15 bits per heavy atom. The Morgan fingerprint density at radius 2 is 1.91 bits per heavy atom. The highest BCUT2D eigenvalue weighted by Crippen LogP contribution is 2.36. The van der Waals surface area contributed by atoms with E-state index in [1.54, 1.807) is 18.2 Å². The van der Waals surface area contributed by atoms with E-state index in [0.717, 1.165) is 16.5 Å². The minimum Gasteiger partial charge on any atom is -0.493 e. The first-order valence-electron chi connectivity index (χ1n) is 10.3. The summed E-state index contributed by atoms with van der Waals surface area (Å²) < 4.78 is 11.3. The smallest absolute Gasteiger partial charge is 0.272 e. The number of carbonyl (C=O) groups excluding carboxylic acids is 1. The first-order chi connectivity index (χ1) is 16.6. The molecule has 0 atom stereocenters. The number of fused-ring (bicyclic) bond motifs is 1. The Labute approximate surface area is 204 Å². The van der Waals surface area contributed by atoms with Gasteiger partial charge in [-0.05, 0) is 45.8 Å². The molecule has 0 spiro atoms. The molecule has 168 valence electrons. The molecule has 0 aliphatic heterocycles. The van der Waals surface area contributed by atoms with Gasteiger partial charge in [0.25, 0.3) is 5.91 Å². The van der Waals surface area contributed by atoms with Crippen molar-refractivity contribution in [2.75, 3.05) is 13.7 Å². The highest BCUT2D eigenvalue weighted by Gasteiger charge is 2.14. The minimum atomic E-state index is -0.355. The molecular formula is C26H19BrN4O3. The van der Waals surface area contributed by atoms with Crippen molar-refractivity contribution in [3.8, 4) is 28.8 Å². The zero-order chi connectivity index (χ0) is 23.9. The van der Waals surface area contributed by atoms with Crippen LogP contribution in [0.1, 0.15) is 15.9 Å². The first kappa shape index (κ1) is 23.0. The third-order valence-electron chi connectivity index (χ3n) is 4.94. The van der Waals surface area contributed by atoms with Gasteiger partial charge in [-0.25, -0.2) is 10.4 Å². The average Bonchev–Trinajstić information content (AvgIpc) is 2.87. The SMILES string of the molecule is COc1cc(/C=N/NC(=O)c2cc(-c3ccccc3)nc3ccccc23)cc(Br)c1OCC#N. The number of hydrogen-bond acceptors (Lipinski definition) is 6. The third-order valence-corrected chi connectivity index (χ3v) is 5.53. The second-order valence-electron chi connectivity index (χ2n) is 7.12. The molecule has 4 rings (SSSR count). The summed E-state index contributed by atoms with van der Waals surface area (Å²) in [5.74, 6) is 0.499. The maximum absolute atomic E-state index is 13.1. The quantitative estimate of drug-likeness (QED) is 0.265. The summed E-state index contributed by atoms with van der Waals surface area (Å²) in [6, 6.07) is 24.3. The summed E-state index contributed by atoms with van der Waals surface area (Å²) in [6.45, 7) is -0.108. The third kappa shape index (κ3) is 5.05. The molecule has 0 unspecified atom stereocenters. The highest BCUT2D eigenvalue weighted by atomic mass is 79.9. The molecule has 1 aromatic heterocycles. The number of amides is 1. The summed E-state index contributed by atoms with van der Waals surface area (Å²) in [4.78, 5) is 17.8. The van der Waals surface area contributed by atoms with E-state index >= 15 is 0 Å². The van der Waals surface area contributed by atoms with E-state index in [1.165, 1.54) is 13.3 Å². The molecule has 1 N–H and O–H groups in total. The molecule has 34 heavy (non-hydrogen) atoms. The van der Waals surface area contributed by atoms with Crippen LogP contribution >= 0.6 is 15.9 Å². The van der Waals surface area contributed by atoms with Crippen molar-refractivity contribution in [1.29, 1.82) is 5.26 Å². The predicted molar refractivity (Wildman–Crippen MR) is 134 cm³/mol. The fraction of sp³-hybridized carbons (Fsp3) is 0.0769. The number of nitriles is 1. The van der Waals surface area contributed by atoms with Crippen LogP contribution in [0.2, 0.25) is 0 Å². The number of methoxy groups -OCH3 is 1. The number of benzene rings is 3. The van der Waals surface area contributed by atoms with E-state index in [1.807, 2.05) is 60.7 Å². The Morgan fingerprint density at radius 3 is 2.68 bits per heavy atom. The summed E-state index contributed by atoms with van der Waals surface area (Å²) in [5, 5.41) is 13.6. The van der Waals surface area contributed by atoms with Gasteiger partial charge < -0.3 is 9.47 Å². The number of aromatic nitrogens is 1. The minimum absolute atomic E-state index is 0.108. The highest BCUT2D eigenvalue weighted by molar-refractivity contribution is 9.10. The van der Waals surface area contributed by atoms with Gasteiger partial charge in [-0.2, -0.15) is 10.4 Å². The number of nitrogens with zero attached hydrogens (tertiary/aromatic N) is 3. The molecule has 0 saturated carbocycles. The maximum atomic E-state index is 13.1. The lowest BCUT2D eigenvalue weighted by atomic mass is 10.0. The van der Waals surface area contributed by atoms with Crippen molar-refractivity contribution in [1.82, 2.24) is 10.4 Å². The van der Waals surface area contributed by atoms with Crippen molar-refractivity contribution in [3.63, 3.8) is 0 Å². The lowest BCUT2D eigenvalue weighted by Crippen LogP contribution is -2.18. The van der Waals surface area contributed by atoms with Crippen LogP contribution in [0, 0.1) is 11.3 Å². The summed E-state index contributed by atoms with van der Waals surface area (Å²) >= 11 is 3.41. The molecule has 1 heterocycles. The normalized spacial score (nSPS) is 10.7. The van der Waals surface area contributed by atoms with Gasteiger partial charge in [-0.15, -0.1) is 0 Å². The zero-order valence-electron chi connectivity index (χ0n) is 18.2. The maximum Gasteiger partial charge on any atom is 0.272 e. The number of ether oxygens (including phenoxy) is 2. The van der Waals surface area contributed by atoms with E-state index in [-0.39, 0.29) is 12.5 Å². The molecule has 0 saturated heterocycles. The van der Waals surface area contributed by atoms with Crippen LogP contribution in [0.25, 0.3) is 22.2 Å². The standard InChI is InChI=1S/C26H19BrN4O3/c1-33-24-14-17(13-21(27)25(24)34-12-11-28)16-29-31-26(32)20-15-23(18-7-3-2-4-8-18)30-22-10-6-5-9-19(20)22/h2-10,13-16H,12H2,1H3,(H,31,32)/b29-16+. The average molecular weight is 515 g/mol. The summed E-state index contributed by atoms with van der Waals surface area (Å²) in [5.41, 5.74) is 6.08. The molecule has 3 aromatic carbocycles. The molecule has 0 bridgehead atoms. The van der Waals surface area contributed by atoms with Gasteiger partial charge in [0.2, 0.25) is 0 Å². The fourth-order valence-corrected chi connectivity index (χ4v) is 3.98. The van der Waals surface area contributed by atoms with Crippen LogP contribution in [-0.4, -0.2) is 30.8 Å². The molecule has 0 aliphatic carbocycles. The lowest BCUT2D eigenvalue weighted by molar-refractivity contribution is 0.0956. The number of rotatable bonds is 7. The largest absolute Gasteiger partial charge is 0.493 e. The van der Waals surface area contributed by atoms with E-state index < -0.39 is 0 Å². The van der Waals surface area contributed by atoms with Gasteiger partial charge in [0.15, 0.2) is 18.1 Å². The van der Waals surface area contributed by atoms with Gasteiger partial charge in [0, 0.05) is 10.9 Å². The van der Waals surface area contributed by atoms with Crippen molar-refractivity contribution in [2.24, 2.45) is 5.10 Å². The van der Waals surface area contributed by atoms with Crippen LogP contribution < -0.4 is 14.9 Å². The molecule has 8 heteroatoms. The first-order valence-corrected chi connectivity index (χ1v) is 11.1. The van der Waals surface area contributed by atoms with Gasteiger partial charge >= 0.3 is 0 Å². The summed E-state index contributed by atoms with van der Waals surface area (Å²) in [6.07, 6.45) is 1.50. The number of halogens is 1. The van der Waals surface area contributed by atoms with Gasteiger partial charge in [0.1, 0.15) is 6.07 Å². The monoisotopic (exact) mass is 514 g/mol.